The molecule has 0 saturated heterocycles. The van der Waals surface area contributed by atoms with Gasteiger partial charge in [0.2, 0.25) is 0 Å². The molecule has 4 nitrogen and oxygen atoms in total. The molecule has 0 amide bonds. The van der Waals surface area contributed by atoms with Gasteiger partial charge in [-0.3, -0.25) is 0 Å². The van der Waals surface area contributed by atoms with Crippen molar-refractivity contribution in [2.24, 2.45) is 0 Å². The van der Waals surface area contributed by atoms with Gasteiger partial charge < -0.3 is 19.9 Å². The molecule has 0 saturated carbocycles. The van der Waals surface area contributed by atoms with Crippen LogP contribution in [-0.2, 0) is 0 Å². The Bertz CT molecular complexity index is 2270. The van der Waals surface area contributed by atoms with E-state index in [4.69, 9.17) is 0 Å². The van der Waals surface area contributed by atoms with Crippen LogP contribution in [0.3, 0.4) is 0 Å². The van der Waals surface area contributed by atoms with E-state index < -0.39 is 0 Å². The first kappa shape index (κ1) is 27.8. The minimum Gasteiger partial charge on any atom is -0.360 e. The Morgan fingerprint density at radius 3 is 1.04 bits per heavy atom. The van der Waals surface area contributed by atoms with Gasteiger partial charge in [-0.25, -0.2) is 0 Å². The van der Waals surface area contributed by atoms with Crippen LogP contribution in [0.4, 0.5) is 0 Å². The lowest BCUT2D eigenvalue weighted by Gasteiger charge is -2.09. The summed E-state index contributed by atoms with van der Waals surface area (Å²) >= 11 is 0. The topological polar surface area (TPSA) is 63.2 Å². The number of hydrogen-bond donors (Lipinski definition) is 4. The molecule has 4 N–H and O–H groups in total. The quantitative estimate of drug-likeness (QED) is 0.179. The van der Waals surface area contributed by atoms with Crippen LogP contribution in [0.2, 0.25) is 0 Å². The van der Waals surface area contributed by atoms with Gasteiger partial charge in [0.1, 0.15) is 0 Å². The second-order valence-electron chi connectivity index (χ2n) is 12.1. The molecular weight excluding hydrogens is 585 g/mol. The molecule has 48 heavy (non-hydrogen) atoms. The predicted molar refractivity (Wildman–Crippen MR) is 194 cm³/mol. The maximum absolute atomic E-state index is 3.85. The molecule has 5 heterocycles. The van der Waals surface area contributed by atoms with Crippen LogP contribution in [-0.4, -0.2) is 19.9 Å². The van der Waals surface area contributed by atoms with Crippen LogP contribution in [0.1, 0.15) is 44.9 Å². The highest BCUT2D eigenvalue weighted by molar-refractivity contribution is 5.85. The number of hydrogen-bond acceptors (Lipinski definition) is 0. The van der Waals surface area contributed by atoms with Crippen LogP contribution in [0.25, 0.3) is 22.3 Å². The van der Waals surface area contributed by atoms with Gasteiger partial charge in [0.25, 0.3) is 0 Å². The Morgan fingerprint density at radius 1 is 0.271 bits per heavy atom. The molecule has 1 aliphatic rings. The minimum absolute atomic E-state index is 1.04. The highest BCUT2D eigenvalue weighted by Crippen LogP contribution is 2.28. The van der Waals surface area contributed by atoms with Gasteiger partial charge in [0.15, 0.2) is 0 Å². The van der Waals surface area contributed by atoms with Crippen molar-refractivity contribution < 1.29 is 0 Å². The average Bonchev–Trinajstić information content (AvgIpc) is 3.98. The van der Waals surface area contributed by atoms with Gasteiger partial charge in [-0.05, 0) is 64.7 Å². The van der Waals surface area contributed by atoms with Gasteiger partial charge >= 0.3 is 0 Å². The van der Waals surface area contributed by atoms with E-state index in [1.807, 2.05) is 0 Å². The zero-order valence-corrected chi connectivity index (χ0v) is 26.2. The van der Waals surface area contributed by atoms with Gasteiger partial charge in [-0.15, -0.1) is 0 Å². The standard InChI is InChI=1S/C44H32N4/c1-5-13-29(14-6-1)41-33-27-40(45-28-33)44(32-19-11-4-12-20-32)39-26-25-38(48-39)43(31-17-9-3-10-18-31)37-24-23-36(47-37)42(30-15-7-2-8-16-30)35-22-21-34(41)46-35/h1-28,45-48H. The average molecular weight is 617 g/mol. The number of benzene rings is 4. The first-order chi connectivity index (χ1) is 23.8. The normalized spacial score (nSPS) is 12.8. The Kier molecular flexibility index (Phi) is 6.76. The van der Waals surface area contributed by atoms with Crippen molar-refractivity contribution in [2.75, 3.05) is 0 Å². The van der Waals surface area contributed by atoms with Crippen molar-refractivity contribution in [1.82, 2.24) is 19.9 Å². The summed E-state index contributed by atoms with van der Waals surface area (Å²) in [6, 6.07) is 57.9. The third kappa shape index (κ3) is 4.88. The largest absolute Gasteiger partial charge is 0.360 e. The molecule has 1 aliphatic heterocycles. The highest BCUT2D eigenvalue weighted by Gasteiger charge is 2.18. The monoisotopic (exact) mass is 616 g/mol. The summed E-state index contributed by atoms with van der Waals surface area (Å²) in [5.41, 5.74) is 13.2. The molecule has 0 fully saturated rings. The summed E-state index contributed by atoms with van der Waals surface area (Å²) in [7, 11) is 0. The van der Waals surface area contributed by atoms with Crippen molar-refractivity contribution >= 4 is 22.3 Å². The number of aromatic amines is 4. The molecule has 4 aromatic heterocycles. The Hall–Kier alpha value is -6.52. The number of nitrogens with one attached hydrogen (secondary N) is 4. The SMILES string of the molecule is c1ccc(C2=c3ccc([nH]3)=C(c3ccccc3)c3ccc([nH]3)C(c3ccccc3)=c3ccc([nH]3)=C(c3ccccc3)c3cc2c[nH]3)cc1. The molecule has 228 valence electrons. The van der Waals surface area contributed by atoms with Crippen LogP contribution in [0, 0.1) is 0 Å². The van der Waals surface area contributed by atoms with Crippen molar-refractivity contribution in [3.05, 3.63) is 236 Å². The van der Waals surface area contributed by atoms with E-state index in [2.05, 4.69) is 190 Å². The van der Waals surface area contributed by atoms with Crippen LogP contribution >= 0.6 is 0 Å². The summed E-state index contributed by atoms with van der Waals surface area (Å²) < 4.78 is 0. The third-order valence-electron chi connectivity index (χ3n) is 9.16. The van der Waals surface area contributed by atoms with Crippen molar-refractivity contribution in [1.29, 1.82) is 0 Å². The fourth-order valence-electron chi connectivity index (χ4n) is 7.01. The zero-order chi connectivity index (χ0) is 31.9. The first-order valence-corrected chi connectivity index (χ1v) is 16.3. The van der Waals surface area contributed by atoms with Crippen molar-refractivity contribution in [3.63, 3.8) is 0 Å². The number of rotatable bonds is 4. The molecule has 4 heteroatoms. The molecule has 8 bridgehead atoms. The summed E-state index contributed by atoms with van der Waals surface area (Å²) in [6.07, 6.45) is 2.13. The van der Waals surface area contributed by atoms with Gasteiger partial charge in [0.05, 0.1) is 0 Å². The van der Waals surface area contributed by atoms with E-state index in [1.165, 1.54) is 0 Å². The van der Waals surface area contributed by atoms with E-state index in [-0.39, 0.29) is 0 Å². The fourth-order valence-corrected chi connectivity index (χ4v) is 7.01. The van der Waals surface area contributed by atoms with Crippen molar-refractivity contribution in [3.8, 4) is 0 Å². The number of fused-ring (bicyclic) bond motifs is 8. The summed E-state index contributed by atoms with van der Waals surface area (Å²) in [6.45, 7) is 0. The molecule has 4 aromatic carbocycles. The summed E-state index contributed by atoms with van der Waals surface area (Å²) in [4.78, 5) is 15.2. The van der Waals surface area contributed by atoms with Crippen LogP contribution in [0.15, 0.2) is 170 Å². The van der Waals surface area contributed by atoms with E-state index in [0.29, 0.717) is 0 Å². The molecule has 0 spiro atoms. The predicted octanol–water partition coefficient (Wildman–Crippen LogP) is 6.30. The van der Waals surface area contributed by atoms with Gasteiger partial charge in [-0.1, -0.05) is 121 Å². The summed E-state index contributed by atoms with van der Waals surface area (Å²) in [5.74, 6) is 0. The Morgan fingerprint density at radius 2 is 0.625 bits per heavy atom. The Balaban J connectivity index is 1.44. The van der Waals surface area contributed by atoms with Crippen molar-refractivity contribution in [2.45, 2.75) is 0 Å². The third-order valence-corrected chi connectivity index (χ3v) is 9.16. The van der Waals surface area contributed by atoms with Crippen LogP contribution < -0.4 is 21.4 Å². The van der Waals surface area contributed by atoms with E-state index in [1.54, 1.807) is 0 Å². The van der Waals surface area contributed by atoms with Gasteiger partial charge in [0, 0.05) is 72.5 Å². The lowest BCUT2D eigenvalue weighted by molar-refractivity contribution is 1.20. The number of aromatic nitrogens is 4. The summed E-state index contributed by atoms with van der Waals surface area (Å²) in [5, 5.41) is 4.17. The van der Waals surface area contributed by atoms with Gasteiger partial charge in [-0.2, -0.15) is 0 Å². The fraction of sp³-hybridized carbons (Fsp3) is 0. The maximum Gasteiger partial charge on any atom is 0.0487 e. The maximum atomic E-state index is 3.85. The molecule has 0 unspecified atom stereocenters. The van der Waals surface area contributed by atoms with Crippen LogP contribution in [0.5, 0.6) is 0 Å². The van der Waals surface area contributed by atoms with E-state index in [9.17, 15) is 0 Å². The zero-order valence-electron chi connectivity index (χ0n) is 26.2. The number of H-pyrrole nitrogens is 4. The Labute approximate surface area is 277 Å². The lowest BCUT2D eigenvalue weighted by Crippen LogP contribution is -2.18. The minimum atomic E-state index is 1.04. The second-order valence-corrected chi connectivity index (χ2v) is 12.1. The molecule has 9 rings (SSSR count). The smallest absolute Gasteiger partial charge is 0.0487 e. The molecule has 0 radical (unpaired) electrons. The molecule has 0 atom stereocenters. The second kappa shape index (κ2) is 11.7. The lowest BCUT2D eigenvalue weighted by atomic mass is 9.97. The highest BCUT2D eigenvalue weighted by atomic mass is 14.8. The first-order valence-electron chi connectivity index (χ1n) is 16.3. The van der Waals surface area contributed by atoms with E-state index >= 15 is 0 Å². The molecule has 8 aromatic rings. The molecule has 0 aliphatic carbocycles. The van der Waals surface area contributed by atoms with E-state index in [0.717, 1.165) is 88.6 Å². The molecular formula is C44H32N4.